The lowest BCUT2D eigenvalue weighted by Crippen LogP contribution is -2.25. The molecule has 6 heteroatoms. The maximum absolute atomic E-state index is 11.4. The van der Waals surface area contributed by atoms with Gasteiger partial charge < -0.3 is 4.52 Å². The quantitative estimate of drug-likeness (QED) is 0.687. The molecule has 0 aliphatic carbocycles. The molecule has 1 fully saturated rings. The Labute approximate surface area is 76.4 Å². The summed E-state index contributed by atoms with van der Waals surface area (Å²) in [5.41, 5.74) is 0.658. The Morgan fingerprint density at radius 1 is 1.62 bits per heavy atom. The molecular formula is C7H10N2O3S. The van der Waals surface area contributed by atoms with E-state index in [1.54, 1.807) is 6.07 Å². The van der Waals surface area contributed by atoms with E-state index < -0.39 is 10.0 Å². The third-order valence-corrected chi connectivity index (χ3v) is 3.94. The Balaban J connectivity index is 2.11. The summed E-state index contributed by atoms with van der Waals surface area (Å²) >= 11 is 0. The van der Waals surface area contributed by atoms with Crippen molar-refractivity contribution in [3.05, 3.63) is 18.0 Å². The second-order valence-electron chi connectivity index (χ2n) is 2.99. The second-order valence-corrected chi connectivity index (χ2v) is 5.08. The van der Waals surface area contributed by atoms with Crippen molar-refractivity contribution in [3.8, 4) is 0 Å². The summed E-state index contributed by atoms with van der Waals surface area (Å²) in [7, 11) is -3.01. The van der Waals surface area contributed by atoms with E-state index in [9.17, 15) is 8.42 Å². The van der Waals surface area contributed by atoms with Gasteiger partial charge in [0.05, 0.1) is 18.0 Å². The van der Waals surface area contributed by atoms with Crippen molar-refractivity contribution in [1.82, 2.24) is 9.46 Å². The first-order valence-electron chi connectivity index (χ1n) is 4.05. The Morgan fingerprint density at radius 2 is 2.46 bits per heavy atom. The van der Waals surface area contributed by atoms with E-state index in [2.05, 4.69) is 9.68 Å². The maximum atomic E-state index is 11.4. The molecule has 0 unspecified atom stereocenters. The third kappa shape index (κ3) is 1.73. The SMILES string of the molecule is O=S1(=O)CCCN1Cc1ccon1. The van der Waals surface area contributed by atoms with E-state index in [-0.39, 0.29) is 5.75 Å². The van der Waals surface area contributed by atoms with Crippen LogP contribution in [0.25, 0.3) is 0 Å². The van der Waals surface area contributed by atoms with Crippen molar-refractivity contribution in [2.45, 2.75) is 13.0 Å². The summed E-state index contributed by atoms with van der Waals surface area (Å²) in [4.78, 5) is 0. The first kappa shape index (κ1) is 8.71. The van der Waals surface area contributed by atoms with Crippen molar-refractivity contribution in [2.75, 3.05) is 12.3 Å². The van der Waals surface area contributed by atoms with E-state index in [0.717, 1.165) is 0 Å². The summed E-state index contributed by atoms with van der Waals surface area (Å²) < 4.78 is 28.8. The monoisotopic (exact) mass is 202 g/mol. The normalized spacial score (nSPS) is 22.2. The molecule has 0 saturated carbocycles. The average Bonchev–Trinajstić information content (AvgIpc) is 2.63. The van der Waals surface area contributed by atoms with Crippen LogP contribution in [-0.2, 0) is 16.6 Å². The topological polar surface area (TPSA) is 63.4 Å². The molecule has 2 rings (SSSR count). The van der Waals surface area contributed by atoms with Gasteiger partial charge in [0.25, 0.3) is 0 Å². The Kier molecular flexibility index (Phi) is 2.09. The fourth-order valence-corrected chi connectivity index (χ4v) is 2.86. The molecule has 13 heavy (non-hydrogen) atoms. The van der Waals surface area contributed by atoms with Crippen molar-refractivity contribution in [3.63, 3.8) is 0 Å². The van der Waals surface area contributed by atoms with E-state index in [0.29, 0.717) is 25.2 Å². The lowest BCUT2D eigenvalue weighted by Gasteiger charge is -2.11. The van der Waals surface area contributed by atoms with Gasteiger partial charge >= 0.3 is 0 Å². The summed E-state index contributed by atoms with van der Waals surface area (Å²) in [6.45, 7) is 0.925. The first-order chi connectivity index (χ1) is 6.18. The zero-order valence-electron chi connectivity index (χ0n) is 7.01. The molecule has 2 heterocycles. The molecule has 1 aliphatic heterocycles. The lowest BCUT2D eigenvalue weighted by atomic mass is 10.4. The molecule has 1 aliphatic rings. The number of sulfonamides is 1. The van der Waals surface area contributed by atoms with Crippen LogP contribution in [0.1, 0.15) is 12.1 Å². The highest BCUT2D eigenvalue weighted by molar-refractivity contribution is 7.89. The number of aromatic nitrogens is 1. The highest BCUT2D eigenvalue weighted by Gasteiger charge is 2.28. The number of hydrogen-bond acceptors (Lipinski definition) is 4. The molecule has 0 bridgehead atoms. The highest BCUT2D eigenvalue weighted by atomic mass is 32.2. The minimum Gasteiger partial charge on any atom is -0.364 e. The largest absolute Gasteiger partial charge is 0.364 e. The first-order valence-corrected chi connectivity index (χ1v) is 5.66. The summed E-state index contributed by atoms with van der Waals surface area (Å²) in [5.74, 6) is 0.255. The van der Waals surface area contributed by atoms with Crippen LogP contribution in [0.5, 0.6) is 0 Å². The van der Waals surface area contributed by atoms with E-state index in [1.165, 1.54) is 10.6 Å². The molecule has 0 aromatic carbocycles. The molecule has 0 radical (unpaired) electrons. The molecule has 72 valence electrons. The second kappa shape index (κ2) is 3.12. The number of hydrogen-bond donors (Lipinski definition) is 0. The molecule has 1 aromatic heterocycles. The van der Waals surface area contributed by atoms with Crippen LogP contribution in [0.4, 0.5) is 0 Å². The van der Waals surface area contributed by atoms with E-state index >= 15 is 0 Å². The van der Waals surface area contributed by atoms with Crippen LogP contribution in [0.3, 0.4) is 0 Å². The van der Waals surface area contributed by atoms with E-state index in [1.807, 2.05) is 0 Å². The zero-order valence-corrected chi connectivity index (χ0v) is 7.83. The van der Waals surface area contributed by atoms with Gasteiger partial charge in [-0.2, -0.15) is 4.31 Å². The molecule has 0 spiro atoms. The van der Waals surface area contributed by atoms with Gasteiger partial charge in [-0.05, 0) is 6.42 Å². The minimum absolute atomic E-state index is 0.255. The van der Waals surface area contributed by atoms with Gasteiger partial charge in [0.15, 0.2) is 0 Å². The van der Waals surface area contributed by atoms with Gasteiger partial charge in [0, 0.05) is 12.6 Å². The van der Waals surface area contributed by atoms with E-state index in [4.69, 9.17) is 0 Å². The number of nitrogens with zero attached hydrogens (tertiary/aromatic N) is 2. The molecule has 1 aromatic rings. The molecule has 0 amide bonds. The van der Waals surface area contributed by atoms with Gasteiger partial charge in [-0.15, -0.1) is 0 Å². The fourth-order valence-electron chi connectivity index (χ4n) is 1.37. The molecule has 5 nitrogen and oxygen atoms in total. The number of rotatable bonds is 2. The van der Waals surface area contributed by atoms with Crippen LogP contribution >= 0.6 is 0 Å². The van der Waals surface area contributed by atoms with Crippen LogP contribution in [0, 0.1) is 0 Å². The zero-order chi connectivity index (χ0) is 9.31. The summed E-state index contributed by atoms with van der Waals surface area (Å²) in [6.07, 6.45) is 2.15. The van der Waals surface area contributed by atoms with Gasteiger partial charge in [0.1, 0.15) is 6.26 Å². The van der Waals surface area contributed by atoms with Gasteiger partial charge in [-0.25, -0.2) is 8.42 Å². The van der Waals surface area contributed by atoms with Crippen LogP contribution in [0.2, 0.25) is 0 Å². The smallest absolute Gasteiger partial charge is 0.214 e. The van der Waals surface area contributed by atoms with Crippen LogP contribution in [-0.4, -0.2) is 30.2 Å². The predicted octanol–water partition coefficient (Wildman–Crippen LogP) is 0.210. The lowest BCUT2D eigenvalue weighted by molar-refractivity contribution is 0.385. The third-order valence-electron chi connectivity index (χ3n) is 2.03. The minimum atomic E-state index is -3.01. The summed E-state index contributed by atoms with van der Waals surface area (Å²) in [5, 5.41) is 3.66. The van der Waals surface area contributed by atoms with Crippen LogP contribution < -0.4 is 0 Å². The maximum Gasteiger partial charge on any atom is 0.214 e. The van der Waals surface area contributed by atoms with Crippen molar-refractivity contribution in [2.24, 2.45) is 0 Å². The molecular weight excluding hydrogens is 192 g/mol. The fraction of sp³-hybridized carbons (Fsp3) is 0.571. The molecule has 1 saturated heterocycles. The van der Waals surface area contributed by atoms with Gasteiger partial charge in [0.2, 0.25) is 10.0 Å². The van der Waals surface area contributed by atoms with Crippen molar-refractivity contribution >= 4 is 10.0 Å². The Hall–Kier alpha value is -0.880. The predicted molar refractivity (Wildman–Crippen MR) is 45.3 cm³/mol. The average molecular weight is 202 g/mol. The highest BCUT2D eigenvalue weighted by Crippen LogP contribution is 2.15. The Morgan fingerprint density at radius 3 is 3.00 bits per heavy atom. The van der Waals surface area contributed by atoms with Crippen molar-refractivity contribution < 1.29 is 12.9 Å². The summed E-state index contributed by atoms with van der Waals surface area (Å²) in [6, 6.07) is 1.67. The van der Waals surface area contributed by atoms with Crippen molar-refractivity contribution in [1.29, 1.82) is 0 Å². The molecule has 0 atom stereocenters. The Bertz CT molecular complexity index is 370. The van der Waals surface area contributed by atoms with Gasteiger partial charge in [-0.3, -0.25) is 0 Å². The molecule has 0 N–H and O–H groups in total. The van der Waals surface area contributed by atoms with Crippen LogP contribution in [0.15, 0.2) is 16.9 Å². The standard InChI is InChI=1S/C7H10N2O3S/c10-13(11)5-1-3-9(13)6-7-2-4-12-8-7/h2,4H,1,3,5-6H2. The van der Waals surface area contributed by atoms with Gasteiger partial charge in [-0.1, -0.05) is 5.16 Å².